The van der Waals surface area contributed by atoms with Gasteiger partial charge in [-0.25, -0.2) is 4.74 Å². The molecular weight excluding hydrogens is 287 g/mol. The maximum Gasteiger partial charge on any atom is 0.529 e. The van der Waals surface area contributed by atoms with E-state index in [0.29, 0.717) is 0 Å². The van der Waals surface area contributed by atoms with Crippen molar-refractivity contribution in [2.24, 2.45) is 5.92 Å². The highest BCUT2D eigenvalue weighted by atomic mass is 19.4. The van der Waals surface area contributed by atoms with Gasteiger partial charge in [0.15, 0.2) is 0 Å². The van der Waals surface area contributed by atoms with Crippen molar-refractivity contribution in [3.63, 3.8) is 0 Å². The highest BCUT2D eigenvalue weighted by Gasteiger charge is 2.55. The van der Waals surface area contributed by atoms with Crippen molar-refractivity contribution in [1.82, 2.24) is 0 Å². The van der Waals surface area contributed by atoms with E-state index < -0.39 is 44.5 Å². The van der Waals surface area contributed by atoms with Crippen LogP contribution in [0.25, 0.3) is 0 Å². The average molecular weight is 294 g/mol. The standard InChI is InChI=1S/C7H7F9O2/c8-2-1-4(3-9)5(10,11)17-7(15,16)18-6(12,13)14/h4H,1-3H2. The molecule has 11 heteroatoms. The Hall–Kier alpha value is -0.710. The lowest BCUT2D eigenvalue weighted by molar-refractivity contribution is -0.538. The molecule has 0 saturated heterocycles. The van der Waals surface area contributed by atoms with Crippen LogP contribution in [-0.4, -0.2) is 32.1 Å². The van der Waals surface area contributed by atoms with Crippen LogP contribution in [0.15, 0.2) is 0 Å². The van der Waals surface area contributed by atoms with Crippen molar-refractivity contribution in [1.29, 1.82) is 0 Å². The van der Waals surface area contributed by atoms with E-state index in [1.54, 1.807) is 0 Å². The molecule has 110 valence electrons. The zero-order valence-corrected chi connectivity index (χ0v) is 8.42. The van der Waals surface area contributed by atoms with Crippen LogP contribution in [0.5, 0.6) is 0 Å². The maximum absolute atomic E-state index is 12.8. The SMILES string of the molecule is FCCC(CF)C(F)(F)OC(F)(F)OC(F)(F)F. The van der Waals surface area contributed by atoms with Gasteiger partial charge in [-0.05, 0) is 6.42 Å². The molecule has 0 bridgehead atoms. The molecule has 0 rings (SSSR count). The molecule has 18 heavy (non-hydrogen) atoms. The molecule has 0 aliphatic carbocycles. The Kier molecular flexibility index (Phi) is 5.72. The first-order valence-electron chi connectivity index (χ1n) is 4.28. The summed E-state index contributed by atoms with van der Waals surface area (Å²) in [5, 5.41) is 0. The van der Waals surface area contributed by atoms with Gasteiger partial charge >= 0.3 is 18.8 Å². The van der Waals surface area contributed by atoms with E-state index in [9.17, 15) is 39.5 Å². The number of alkyl halides is 9. The largest absolute Gasteiger partial charge is 0.529 e. The second-order valence-corrected chi connectivity index (χ2v) is 3.00. The fourth-order valence-corrected chi connectivity index (χ4v) is 0.864. The minimum Gasteiger partial charge on any atom is -0.251 e. The summed E-state index contributed by atoms with van der Waals surface area (Å²) in [5.74, 6) is -2.65. The third kappa shape index (κ3) is 6.28. The number of halogens is 9. The Morgan fingerprint density at radius 3 is 1.67 bits per heavy atom. The van der Waals surface area contributed by atoms with E-state index in [-0.39, 0.29) is 0 Å². The highest BCUT2D eigenvalue weighted by Crippen LogP contribution is 2.38. The smallest absolute Gasteiger partial charge is 0.251 e. The van der Waals surface area contributed by atoms with Crippen molar-refractivity contribution in [2.75, 3.05) is 13.3 Å². The normalized spacial score (nSPS) is 15.8. The van der Waals surface area contributed by atoms with Gasteiger partial charge in [0.05, 0.1) is 12.6 Å². The molecule has 0 aliphatic heterocycles. The first kappa shape index (κ1) is 17.3. The van der Waals surface area contributed by atoms with E-state index >= 15 is 0 Å². The molecule has 0 saturated carbocycles. The third-order valence-electron chi connectivity index (χ3n) is 1.61. The Morgan fingerprint density at radius 2 is 1.33 bits per heavy atom. The quantitative estimate of drug-likeness (QED) is 0.527. The van der Waals surface area contributed by atoms with E-state index in [1.165, 1.54) is 0 Å². The number of hydrogen-bond acceptors (Lipinski definition) is 2. The monoisotopic (exact) mass is 294 g/mol. The Bertz CT molecular complexity index is 252. The summed E-state index contributed by atoms with van der Waals surface area (Å²) >= 11 is 0. The topological polar surface area (TPSA) is 18.5 Å². The summed E-state index contributed by atoms with van der Waals surface area (Å²) in [5.41, 5.74) is 0. The number of ether oxygens (including phenoxy) is 2. The molecule has 0 aliphatic rings. The third-order valence-corrected chi connectivity index (χ3v) is 1.61. The second kappa shape index (κ2) is 5.95. The van der Waals surface area contributed by atoms with E-state index in [2.05, 4.69) is 4.74 Å². The lowest BCUT2D eigenvalue weighted by atomic mass is 10.1. The predicted octanol–water partition coefficient (Wildman–Crippen LogP) is 3.63. The molecule has 0 aromatic heterocycles. The Morgan fingerprint density at radius 1 is 0.833 bits per heavy atom. The minimum absolute atomic E-state index is 1.20. The molecule has 0 heterocycles. The zero-order valence-electron chi connectivity index (χ0n) is 8.42. The van der Waals surface area contributed by atoms with E-state index in [0.717, 1.165) is 0 Å². The molecule has 0 amide bonds. The molecule has 1 unspecified atom stereocenters. The van der Waals surface area contributed by atoms with Gasteiger partial charge in [-0.15, -0.1) is 22.0 Å². The average Bonchev–Trinajstić information content (AvgIpc) is 2.07. The van der Waals surface area contributed by atoms with Gasteiger partial charge in [0.2, 0.25) is 0 Å². The first-order chi connectivity index (χ1) is 7.93. The van der Waals surface area contributed by atoms with Crippen LogP contribution in [0.4, 0.5) is 39.5 Å². The number of rotatable bonds is 7. The molecule has 1 atom stereocenters. The van der Waals surface area contributed by atoms with Gasteiger partial charge in [-0.1, -0.05) is 0 Å². The highest BCUT2D eigenvalue weighted by molar-refractivity contribution is 4.68. The van der Waals surface area contributed by atoms with Crippen molar-refractivity contribution in [3.05, 3.63) is 0 Å². The van der Waals surface area contributed by atoms with Crippen LogP contribution in [0, 0.1) is 5.92 Å². The maximum atomic E-state index is 12.8. The van der Waals surface area contributed by atoms with E-state index in [1.807, 2.05) is 4.74 Å². The van der Waals surface area contributed by atoms with Crippen LogP contribution in [-0.2, 0) is 9.47 Å². The molecule has 0 fully saturated rings. The van der Waals surface area contributed by atoms with Crippen molar-refractivity contribution in [3.8, 4) is 0 Å². The molecule has 0 N–H and O–H groups in total. The zero-order chi connectivity index (χ0) is 14.6. The van der Waals surface area contributed by atoms with Crippen LogP contribution in [0.3, 0.4) is 0 Å². The van der Waals surface area contributed by atoms with Gasteiger partial charge in [-0.2, -0.15) is 13.5 Å². The first-order valence-corrected chi connectivity index (χ1v) is 4.28. The Labute approximate surface area is 94.6 Å². The fraction of sp³-hybridized carbons (Fsp3) is 1.00. The van der Waals surface area contributed by atoms with Gasteiger partial charge in [0.1, 0.15) is 6.67 Å². The fourth-order valence-electron chi connectivity index (χ4n) is 0.864. The van der Waals surface area contributed by atoms with Gasteiger partial charge in [0.25, 0.3) is 0 Å². The molecule has 0 spiro atoms. The summed E-state index contributed by atoms with van der Waals surface area (Å²) in [7, 11) is 0. The summed E-state index contributed by atoms with van der Waals surface area (Å²) in [6, 6.07) is 0. The molecular formula is C7H7F9O2. The molecule has 0 aromatic rings. The predicted molar refractivity (Wildman–Crippen MR) is 38.2 cm³/mol. The molecule has 0 radical (unpaired) electrons. The lowest BCUT2D eigenvalue weighted by Gasteiger charge is -2.27. The van der Waals surface area contributed by atoms with Gasteiger partial charge in [0, 0.05) is 0 Å². The summed E-state index contributed by atoms with van der Waals surface area (Å²) in [6.45, 7) is -3.45. The van der Waals surface area contributed by atoms with E-state index in [4.69, 9.17) is 0 Å². The molecule has 2 nitrogen and oxygen atoms in total. The van der Waals surface area contributed by atoms with Gasteiger partial charge < -0.3 is 0 Å². The second-order valence-electron chi connectivity index (χ2n) is 3.00. The van der Waals surface area contributed by atoms with Crippen molar-refractivity contribution >= 4 is 0 Å². The minimum atomic E-state index is -5.94. The molecule has 0 aromatic carbocycles. The van der Waals surface area contributed by atoms with Gasteiger partial charge in [-0.3, -0.25) is 8.78 Å². The van der Waals surface area contributed by atoms with Crippen molar-refractivity contribution < 1.29 is 49.0 Å². The summed E-state index contributed by atoms with van der Waals surface area (Å²) < 4.78 is 113. The van der Waals surface area contributed by atoms with Crippen LogP contribution < -0.4 is 0 Å². The van der Waals surface area contributed by atoms with Crippen LogP contribution in [0.2, 0.25) is 0 Å². The number of hydrogen-bond donors (Lipinski definition) is 0. The summed E-state index contributed by atoms with van der Waals surface area (Å²) in [6.07, 6.45) is -17.9. The Balaban J connectivity index is 4.72. The van der Waals surface area contributed by atoms with Crippen LogP contribution in [0.1, 0.15) is 6.42 Å². The van der Waals surface area contributed by atoms with Crippen LogP contribution >= 0.6 is 0 Å². The summed E-state index contributed by atoms with van der Waals surface area (Å²) in [4.78, 5) is 0. The lowest BCUT2D eigenvalue weighted by Crippen LogP contribution is -2.43. The van der Waals surface area contributed by atoms with Crippen molar-refractivity contribution in [2.45, 2.75) is 25.2 Å².